The maximum atomic E-state index is 2.56. The molecule has 3 heteroatoms. The predicted molar refractivity (Wildman–Crippen MR) is 263 cm³/mol. The largest absolute Gasteiger partial charge is 0.310 e. The number of rotatable bonds is 6. The van der Waals surface area contributed by atoms with Gasteiger partial charge in [0.15, 0.2) is 8.80 Å². The van der Waals surface area contributed by atoms with Crippen LogP contribution in [0.25, 0.3) is 33.0 Å². The predicted octanol–water partition coefficient (Wildman–Crippen LogP) is 13.3. The smallest absolute Gasteiger partial charge is 0.155 e. The summed E-state index contributed by atoms with van der Waals surface area (Å²) < 4.78 is 0. The van der Waals surface area contributed by atoms with Crippen molar-refractivity contribution in [3.63, 3.8) is 0 Å². The van der Waals surface area contributed by atoms with E-state index in [0.29, 0.717) is 0 Å². The number of anilines is 3. The van der Waals surface area contributed by atoms with Gasteiger partial charge in [0.1, 0.15) is 0 Å². The highest BCUT2D eigenvalue weighted by atomic mass is 32.2. The fraction of sp³-hybridized carbons (Fsp3) is 0.0169. The van der Waals surface area contributed by atoms with E-state index in [9.17, 15) is 0 Å². The van der Waals surface area contributed by atoms with E-state index in [0.717, 1.165) is 17.1 Å². The lowest BCUT2D eigenvalue weighted by Gasteiger charge is -2.48. The van der Waals surface area contributed by atoms with Gasteiger partial charge in [-0.1, -0.05) is 217 Å². The van der Waals surface area contributed by atoms with Crippen molar-refractivity contribution in [2.24, 2.45) is 0 Å². The van der Waals surface area contributed by atoms with Crippen molar-refractivity contribution in [2.75, 3.05) is 4.90 Å². The van der Waals surface area contributed by atoms with E-state index in [-0.39, 0.29) is 0 Å². The van der Waals surface area contributed by atoms with Gasteiger partial charge in [-0.15, -0.1) is 0 Å². The lowest BCUT2D eigenvalue weighted by molar-refractivity contribution is 0.708. The number of para-hydroxylation sites is 1. The number of hydrogen-bond acceptors (Lipinski definition) is 2. The summed E-state index contributed by atoms with van der Waals surface area (Å²) in [5.74, 6) is 0. The van der Waals surface area contributed by atoms with Gasteiger partial charge in [0.05, 0.1) is 11.1 Å². The topological polar surface area (TPSA) is 3.24 Å². The molecule has 10 aromatic rings. The number of nitrogens with zero attached hydrogens (tertiary/aromatic N) is 1. The zero-order valence-electron chi connectivity index (χ0n) is 33.9. The maximum absolute atomic E-state index is 2.56. The first-order valence-corrected chi connectivity index (χ1v) is 23.7. The number of hydrogen-bond donors (Lipinski definition) is 0. The number of benzene rings is 10. The van der Waals surface area contributed by atoms with Crippen molar-refractivity contribution in [2.45, 2.75) is 15.2 Å². The monoisotopic (exact) mass is 822 g/mol. The van der Waals surface area contributed by atoms with E-state index in [4.69, 9.17) is 0 Å². The summed E-state index contributed by atoms with van der Waals surface area (Å²) in [6, 6.07) is 90.5. The van der Waals surface area contributed by atoms with Crippen LogP contribution in [0, 0.1) is 0 Å². The summed E-state index contributed by atoms with van der Waals surface area (Å²) in [4.78, 5) is 5.12. The fourth-order valence-corrected chi connectivity index (χ4v) is 14.5. The molecule has 2 aliphatic rings. The molecule has 0 saturated heterocycles. The molecule has 2 aliphatic heterocycles. The Kier molecular flexibility index (Phi) is 8.91. The van der Waals surface area contributed by atoms with Crippen LogP contribution in [0.15, 0.2) is 252 Å². The Labute approximate surface area is 369 Å². The van der Waals surface area contributed by atoms with Crippen LogP contribution in [0.4, 0.5) is 17.1 Å². The van der Waals surface area contributed by atoms with E-state index in [1.807, 2.05) is 11.8 Å². The van der Waals surface area contributed by atoms with Gasteiger partial charge in [-0.3, -0.25) is 0 Å². The second kappa shape index (κ2) is 15.1. The van der Waals surface area contributed by atoms with Crippen molar-refractivity contribution >= 4 is 64.0 Å². The van der Waals surface area contributed by atoms with Crippen molar-refractivity contribution in [3.8, 4) is 22.3 Å². The lowest BCUT2D eigenvalue weighted by atomic mass is 9.64. The van der Waals surface area contributed by atoms with E-state index >= 15 is 0 Å². The standard InChI is InChI=1S/C59H40NSSi/c1-3-18-42(19-4-1)49-25-9-13-30-54(49)60(44-36-34-43(35-37-44)48-26-17-21-41-20-7-8-24-47(41)48)45-38-39-53-58(40-45)62(46-22-5-2-6-23-46)57-33-16-12-29-52(57)59(53)50-27-10-14-31-55(50)61-56-32-15-11-28-51(56)59/h1-40H. The lowest BCUT2D eigenvalue weighted by Crippen LogP contribution is -2.62. The summed E-state index contributed by atoms with van der Waals surface area (Å²) in [6.45, 7) is 0. The SMILES string of the molecule is c1ccc(-c2ccccc2N(c2ccc(-c3cccc4ccccc34)cc2)c2ccc3c(c2)[Si](c2ccccc2)c2ccccc2C32c3ccccc3Sc3ccccc32)cc1. The highest BCUT2D eigenvalue weighted by molar-refractivity contribution is 7.99. The van der Waals surface area contributed by atoms with Crippen LogP contribution in [-0.2, 0) is 5.41 Å². The molecule has 62 heavy (non-hydrogen) atoms. The molecular formula is C59H40NSSi. The molecule has 0 N–H and O–H groups in total. The third-order valence-electron chi connectivity index (χ3n) is 12.9. The first kappa shape index (κ1) is 36.7. The van der Waals surface area contributed by atoms with E-state index in [2.05, 4.69) is 248 Å². The second-order valence-corrected chi connectivity index (χ2v) is 19.6. The molecular weight excluding hydrogens is 783 g/mol. The van der Waals surface area contributed by atoms with Crippen molar-refractivity contribution in [1.29, 1.82) is 0 Å². The highest BCUT2D eigenvalue weighted by Crippen LogP contribution is 2.56. The molecule has 1 radical (unpaired) electrons. The third kappa shape index (κ3) is 5.77. The van der Waals surface area contributed by atoms with Gasteiger partial charge in [-0.2, -0.15) is 0 Å². The molecule has 0 saturated carbocycles. The summed E-state index contributed by atoms with van der Waals surface area (Å²) in [5, 5.41) is 6.76. The van der Waals surface area contributed by atoms with Crippen LogP contribution in [0.3, 0.4) is 0 Å². The molecule has 0 aromatic heterocycles. The van der Waals surface area contributed by atoms with Crippen LogP contribution in [0.1, 0.15) is 22.3 Å². The average Bonchev–Trinajstić information content (AvgIpc) is 3.35. The highest BCUT2D eigenvalue weighted by Gasteiger charge is 2.51. The minimum Gasteiger partial charge on any atom is -0.310 e. The van der Waals surface area contributed by atoms with Crippen molar-refractivity contribution < 1.29 is 0 Å². The molecule has 0 atom stereocenters. The van der Waals surface area contributed by atoms with E-state index in [1.54, 1.807) is 0 Å². The van der Waals surface area contributed by atoms with Gasteiger partial charge in [0, 0.05) is 26.7 Å². The summed E-state index contributed by atoms with van der Waals surface area (Å²) in [5.41, 5.74) is 13.2. The van der Waals surface area contributed by atoms with Gasteiger partial charge in [-0.25, -0.2) is 0 Å². The molecule has 0 amide bonds. The summed E-state index contributed by atoms with van der Waals surface area (Å²) >= 11 is 1.90. The molecule has 10 aromatic carbocycles. The Bertz CT molecular complexity index is 3240. The Morgan fingerprint density at radius 2 is 0.919 bits per heavy atom. The summed E-state index contributed by atoms with van der Waals surface area (Å²) in [7, 11) is -1.49. The average molecular weight is 823 g/mol. The first-order chi connectivity index (χ1) is 30.8. The van der Waals surface area contributed by atoms with Gasteiger partial charge in [0.25, 0.3) is 0 Å². The molecule has 0 unspecified atom stereocenters. The zero-order chi connectivity index (χ0) is 41.0. The summed E-state index contributed by atoms with van der Waals surface area (Å²) in [6.07, 6.45) is 0. The molecule has 0 fully saturated rings. The maximum Gasteiger partial charge on any atom is 0.155 e. The molecule has 0 bridgehead atoms. The van der Waals surface area contributed by atoms with Crippen LogP contribution >= 0.6 is 11.8 Å². The van der Waals surface area contributed by atoms with Crippen LogP contribution < -0.4 is 20.5 Å². The Balaban J connectivity index is 1.13. The quantitative estimate of drug-likeness (QED) is 0.154. The van der Waals surface area contributed by atoms with E-state index < -0.39 is 14.2 Å². The fourth-order valence-electron chi connectivity index (χ4n) is 10.2. The molecule has 2 heterocycles. The van der Waals surface area contributed by atoms with Gasteiger partial charge >= 0.3 is 0 Å². The van der Waals surface area contributed by atoms with Gasteiger partial charge < -0.3 is 4.90 Å². The van der Waals surface area contributed by atoms with Crippen molar-refractivity contribution in [3.05, 3.63) is 265 Å². The molecule has 12 rings (SSSR count). The zero-order valence-corrected chi connectivity index (χ0v) is 35.8. The second-order valence-electron chi connectivity index (χ2n) is 16.2. The van der Waals surface area contributed by atoms with Crippen molar-refractivity contribution in [1.82, 2.24) is 0 Å². The van der Waals surface area contributed by atoms with Gasteiger partial charge in [-0.05, 0) is 103 Å². The molecule has 1 spiro atoms. The Morgan fingerprint density at radius 1 is 0.371 bits per heavy atom. The van der Waals surface area contributed by atoms with E-state index in [1.165, 1.54) is 80.6 Å². The minimum atomic E-state index is -1.49. The molecule has 1 nitrogen and oxygen atoms in total. The number of fused-ring (bicyclic) bond motifs is 9. The van der Waals surface area contributed by atoms with Gasteiger partial charge in [0.2, 0.25) is 0 Å². The van der Waals surface area contributed by atoms with Crippen LogP contribution in [0.5, 0.6) is 0 Å². The van der Waals surface area contributed by atoms with Crippen LogP contribution in [-0.4, -0.2) is 8.80 Å². The minimum absolute atomic E-state index is 0.487. The Morgan fingerprint density at radius 3 is 1.69 bits per heavy atom. The molecule has 0 aliphatic carbocycles. The normalized spacial score (nSPS) is 13.5. The first-order valence-electron chi connectivity index (χ1n) is 21.3. The van der Waals surface area contributed by atoms with Crippen LogP contribution in [0.2, 0.25) is 0 Å². The third-order valence-corrected chi connectivity index (χ3v) is 16.8. The molecule has 291 valence electrons. The Hall–Kier alpha value is -7.17.